The van der Waals surface area contributed by atoms with E-state index < -0.39 is 11.9 Å². The van der Waals surface area contributed by atoms with Crippen molar-refractivity contribution in [1.29, 1.82) is 0 Å². The highest BCUT2D eigenvalue weighted by atomic mass is 16.6. The third-order valence-electron chi connectivity index (χ3n) is 8.90. The maximum Gasteiger partial charge on any atom is 0.409 e. The van der Waals surface area contributed by atoms with Crippen molar-refractivity contribution in [2.45, 2.75) is 64.0 Å². The third-order valence-corrected chi connectivity index (χ3v) is 8.90. The topological polar surface area (TPSA) is 160 Å². The van der Waals surface area contributed by atoms with Crippen molar-refractivity contribution in [2.75, 3.05) is 59.6 Å². The van der Waals surface area contributed by atoms with Crippen LogP contribution in [0.3, 0.4) is 0 Å². The minimum absolute atomic E-state index is 0.000397. The van der Waals surface area contributed by atoms with Crippen LogP contribution in [0.5, 0.6) is 11.5 Å². The van der Waals surface area contributed by atoms with E-state index in [4.69, 9.17) is 14.2 Å². The van der Waals surface area contributed by atoms with Gasteiger partial charge in [0.25, 0.3) is 11.8 Å². The predicted molar refractivity (Wildman–Crippen MR) is 171 cm³/mol. The molecule has 14 nitrogen and oxygen atoms in total. The van der Waals surface area contributed by atoms with Gasteiger partial charge in [-0.25, -0.2) is 9.78 Å². The second-order valence-electron chi connectivity index (χ2n) is 12.1. The molecule has 47 heavy (non-hydrogen) atoms. The van der Waals surface area contributed by atoms with Crippen LogP contribution in [0.1, 0.15) is 62.4 Å². The molecule has 1 atom stereocenters. The molecule has 2 aliphatic heterocycles. The first-order valence-electron chi connectivity index (χ1n) is 16.5. The van der Waals surface area contributed by atoms with Crippen LogP contribution in [0, 0.1) is 0 Å². The van der Waals surface area contributed by atoms with E-state index in [0.29, 0.717) is 62.4 Å². The van der Waals surface area contributed by atoms with Gasteiger partial charge in [0.05, 0.1) is 25.8 Å². The summed E-state index contributed by atoms with van der Waals surface area (Å²) in [6, 6.07) is 6.22. The van der Waals surface area contributed by atoms with Crippen molar-refractivity contribution in [2.24, 2.45) is 0 Å². The van der Waals surface area contributed by atoms with Crippen molar-refractivity contribution in [3.05, 3.63) is 30.0 Å². The van der Waals surface area contributed by atoms with Crippen LogP contribution in [0.4, 0.5) is 4.79 Å². The minimum atomic E-state index is -0.593. The molecular weight excluding hydrogens is 608 g/mol. The summed E-state index contributed by atoms with van der Waals surface area (Å²) in [4.78, 5) is 73.6. The number of hydrogen-bond acceptors (Lipinski definition) is 9. The van der Waals surface area contributed by atoms with E-state index in [9.17, 15) is 24.0 Å². The molecule has 1 aromatic heterocycles. The van der Waals surface area contributed by atoms with Crippen LogP contribution in [-0.2, 0) is 19.1 Å². The Bertz CT molecular complexity index is 1470. The van der Waals surface area contributed by atoms with Crippen LogP contribution >= 0.6 is 0 Å². The van der Waals surface area contributed by atoms with Crippen LogP contribution < -0.4 is 20.1 Å². The second-order valence-corrected chi connectivity index (χ2v) is 12.1. The van der Waals surface area contributed by atoms with Gasteiger partial charge < -0.3 is 39.5 Å². The fourth-order valence-corrected chi connectivity index (χ4v) is 5.84. The van der Waals surface area contributed by atoms with Crippen LogP contribution in [-0.4, -0.2) is 121 Å². The Morgan fingerprint density at radius 3 is 2.40 bits per heavy atom. The molecule has 2 aromatic rings. The predicted octanol–water partition coefficient (Wildman–Crippen LogP) is 2.09. The molecule has 14 heteroatoms. The Morgan fingerprint density at radius 1 is 0.936 bits per heavy atom. The molecule has 1 aliphatic carbocycles. The average Bonchev–Trinajstić information content (AvgIpc) is 3.57. The summed E-state index contributed by atoms with van der Waals surface area (Å²) in [5, 5.41) is 6.24. The molecular formula is C33H44N6O8. The number of amides is 5. The number of carbonyl (C=O) groups is 5. The first-order chi connectivity index (χ1) is 22.8. The van der Waals surface area contributed by atoms with Gasteiger partial charge in [-0.15, -0.1) is 0 Å². The lowest BCUT2D eigenvalue weighted by Gasteiger charge is -2.34. The maximum atomic E-state index is 13.2. The summed E-state index contributed by atoms with van der Waals surface area (Å²) in [6.45, 7) is 3.64. The summed E-state index contributed by atoms with van der Waals surface area (Å²) >= 11 is 0. The van der Waals surface area contributed by atoms with Gasteiger partial charge in [-0.3, -0.25) is 19.2 Å². The number of unbranched alkanes of at least 4 members (excludes halogenated alkanes) is 1. The summed E-state index contributed by atoms with van der Waals surface area (Å²) in [7, 11) is 1.52. The van der Waals surface area contributed by atoms with E-state index in [1.54, 1.807) is 32.9 Å². The largest absolute Gasteiger partial charge is 0.497 e. The lowest BCUT2D eigenvalue weighted by molar-refractivity contribution is -0.140. The fraction of sp³-hybridized carbons (Fsp3) is 0.576. The number of nitrogens with zero attached hydrogens (tertiary/aromatic N) is 4. The van der Waals surface area contributed by atoms with E-state index in [-0.39, 0.29) is 54.5 Å². The second kappa shape index (κ2) is 15.8. The number of likely N-dealkylation sites (tertiary alicyclic amines) is 1. The van der Waals surface area contributed by atoms with Crippen molar-refractivity contribution in [3.63, 3.8) is 0 Å². The molecule has 3 fully saturated rings. The number of hydrogen-bond donors (Lipinski definition) is 2. The molecule has 3 aliphatic rings. The normalized spacial score (nSPS) is 18.0. The summed E-state index contributed by atoms with van der Waals surface area (Å²) in [5.41, 5.74) is 0.409. The SMILES string of the molecule is CCCCOC(=O)N1CCN(C(=O)CNC(=O)c2cc(OCC(=O)N3CCC[C@H]3C(=O)NC3CCC3)c3ccc(OC)cc3n2)CC1. The van der Waals surface area contributed by atoms with Gasteiger partial charge in [-0.05, 0) is 50.7 Å². The van der Waals surface area contributed by atoms with E-state index >= 15 is 0 Å². The highest BCUT2D eigenvalue weighted by Crippen LogP contribution is 2.29. The van der Waals surface area contributed by atoms with E-state index in [1.165, 1.54) is 13.2 Å². The molecule has 1 aromatic carbocycles. The number of fused-ring (bicyclic) bond motifs is 1. The number of ether oxygens (including phenoxy) is 3. The summed E-state index contributed by atoms with van der Waals surface area (Å²) in [5.74, 6) is -0.541. The zero-order valence-corrected chi connectivity index (χ0v) is 27.1. The highest BCUT2D eigenvalue weighted by molar-refractivity contribution is 5.99. The first-order valence-corrected chi connectivity index (χ1v) is 16.5. The Hall–Kier alpha value is -4.62. The number of aromatic nitrogens is 1. The zero-order chi connectivity index (χ0) is 33.3. The number of piperazine rings is 1. The Balaban J connectivity index is 1.19. The lowest BCUT2D eigenvalue weighted by Crippen LogP contribution is -2.52. The van der Waals surface area contributed by atoms with Gasteiger partial charge in [0.1, 0.15) is 23.2 Å². The number of pyridine rings is 1. The van der Waals surface area contributed by atoms with Gasteiger partial charge in [-0.1, -0.05) is 13.3 Å². The molecule has 254 valence electrons. The lowest BCUT2D eigenvalue weighted by atomic mass is 9.93. The van der Waals surface area contributed by atoms with Gasteiger partial charge in [0.15, 0.2) is 6.61 Å². The standard InChI is InChI=1S/C33H44N6O8/c1-3-4-17-46-33(44)38-15-13-37(14-16-38)29(40)20-34-31(42)26-19-28(24-11-10-23(45-2)18-25(24)36-26)47-21-30(41)39-12-6-9-27(39)32(43)35-22-7-5-8-22/h10-11,18-19,22,27H,3-9,12-17,20-21H2,1-2H3,(H,34,42)(H,35,43)/t27-/m0/s1. The van der Waals surface area contributed by atoms with Crippen molar-refractivity contribution >= 4 is 40.6 Å². The molecule has 2 saturated heterocycles. The minimum Gasteiger partial charge on any atom is -0.497 e. The molecule has 0 spiro atoms. The molecule has 5 amide bonds. The molecule has 5 rings (SSSR count). The van der Waals surface area contributed by atoms with Gasteiger partial charge in [0.2, 0.25) is 11.8 Å². The number of rotatable bonds is 12. The van der Waals surface area contributed by atoms with Crippen LogP contribution in [0.25, 0.3) is 10.9 Å². The van der Waals surface area contributed by atoms with Crippen molar-refractivity contribution < 1.29 is 38.2 Å². The Morgan fingerprint density at radius 2 is 1.70 bits per heavy atom. The summed E-state index contributed by atoms with van der Waals surface area (Å²) in [6.07, 6.45) is 5.72. The zero-order valence-electron chi connectivity index (χ0n) is 27.1. The first kappa shape index (κ1) is 33.7. The molecule has 2 N–H and O–H groups in total. The maximum absolute atomic E-state index is 13.2. The Labute approximate surface area is 274 Å². The smallest absolute Gasteiger partial charge is 0.409 e. The van der Waals surface area contributed by atoms with Gasteiger partial charge >= 0.3 is 6.09 Å². The number of benzene rings is 1. The molecule has 1 saturated carbocycles. The summed E-state index contributed by atoms with van der Waals surface area (Å²) < 4.78 is 16.6. The molecule has 0 radical (unpaired) electrons. The Kier molecular flexibility index (Phi) is 11.3. The third kappa shape index (κ3) is 8.40. The average molecular weight is 653 g/mol. The van der Waals surface area contributed by atoms with Crippen LogP contribution in [0.2, 0.25) is 0 Å². The van der Waals surface area contributed by atoms with Gasteiger partial charge in [-0.2, -0.15) is 0 Å². The van der Waals surface area contributed by atoms with E-state index in [0.717, 1.165) is 38.5 Å². The van der Waals surface area contributed by atoms with Crippen molar-refractivity contribution in [1.82, 2.24) is 30.3 Å². The van der Waals surface area contributed by atoms with E-state index in [1.807, 2.05) is 6.92 Å². The van der Waals surface area contributed by atoms with Crippen molar-refractivity contribution in [3.8, 4) is 11.5 Å². The van der Waals surface area contributed by atoms with Gasteiger partial charge in [0, 0.05) is 56.3 Å². The highest BCUT2D eigenvalue weighted by Gasteiger charge is 2.36. The molecule has 3 heterocycles. The molecule has 0 unspecified atom stereocenters. The number of carbonyl (C=O) groups excluding carboxylic acids is 5. The fourth-order valence-electron chi connectivity index (χ4n) is 5.84. The monoisotopic (exact) mass is 652 g/mol. The van der Waals surface area contributed by atoms with E-state index in [2.05, 4.69) is 15.6 Å². The molecule has 0 bridgehead atoms. The van der Waals surface area contributed by atoms with Crippen LogP contribution in [0.15, 0.2) is 24.3 Å². The number of methoxy groups -OCH3 is 1. The quantitative estimate of drug-likeness (QED) is 0.328. The number of nitrogens with one attached hydrogen (secondary N) is 2.